The summed E-state index contributed by atoms with van der Waals surface area (Å²) < 4.78 is 7.19. The van der Waals surface area contributed by atoms with Gasteiger partial charge in [-0.3, -0.25) is 0 Å². The third kappa shape index (κ3) is 2.20. The number of aliphatic hydroxyl groups excluding tert-OH is 1. The van der Waals surface area contributed by atoms with E-state index in [9.17, 15) is 0 Å². The van der Waals surface area contributed by atoms with E-state index in [1.54, 1.807) is 30.1 Å². The quantitative estimate of drug-likeness (QED) is 0.847. The summed E-state index contributed by atoms with van der Waals surface area (Å²) in [5.41, 5.74) is 1.65. The first-order valence-corrected chi connectivity index (χ1v) is 4.93. The molecule has 5 nitrogen and oxygen atoms in total. The van der Waals surface area contributed by atoms with Crippen LogP contribution in [0.2, 0.25) is 0 Å². The average Bonchev–Trinajstić information content (AvgIpc) is 2.58. The zero-order chi connectivity index (χ0) is 11.5. The van der Waals surface area contributed by atoms with Crippen LogP contribution in [0.5, 0.6) is 11.8 Å². The van der Waals surface area contributed by atoms with E-state index >= 15 is 0 Å². The summed E-state index contributed by atoms with van der Waals surface area (Å²) in [6.45, 7) is 1.87. The predicted molar refractivity (Wildman–Crippen MR) is 58.2 cm³/mol. The van der Waals surface area contributed by atoms with Crippen LogP contribution in [0.15, 0.2) is 24.4 Å². The largest absolute Gasteiger partial charge is 0.421 e. The Morgan fingerprint density at radius 2 is 2.25 bits per heavy atom. The molecule has 0 aliphatic carbocycles. The monoisotopic (exact) mass is 219 g/mol. The van der Waals surface area contributed by atoms with Crippen LogP contribution in [0.1, 0.15) is 11.3 Å². The molecule has 0 aromatic carbocycles. The Morgan fingerprint density at radius 3 is 2.88 bits per heavy atom. The van der Waals surface area contributed by atoms with Crippen LogP contribution in [0.4, 0.5) is 0 Å². The molecule has 0 spiro atoms. The van der Waals surface area contributed by atoms with Gasteiger partial charge in [0.2, 0.25) is 11.8 Å². The topological polar surface area (TPSA) is 60.2 Å². The Bertz CT molecular complexity index is 494. The summed E-state index contributed by atoms with van der Waals surface area (Å²) in [5, 5.41) is 13.2. The van der Waals surface area contributed by atoms with Crippen molar-refractivity contribution in [2.45, 2.75) is 13.5 Å². The lowest BCUT2D eigenvalue weighted by Gasteiger charge is -2.04. The van der Waals surface area contributed by atoms with E-state index in [-0.39, 0.29) is 6.61 Å². The minimum Gasteiger partial charge on any atom is -0.421 e. The van der Waals surface area contributed by atoms with Gasteiger partial charge in [0, 0.05) is 25.4 Å². The van der Waals surface area contributed by atoms with E-state index in [1.165, 1.54) is 0 Å². The molecule has 0 atom stereocenters. The SMILES string of the molecule is Cc1cc(Oc2cc(CO)ccn2)n(C)n1. The molecule has 0 bridgehead atoms. The highest BCUT2D eigenvalue weighted by Gasteiger charge is 2.05. The van der Waals surface area contributed by atoms with Crippen molar-refractivity contribution in [1.29, 1.82) is 0 Å². The van der Waals surface area contributed by atoms with Crippen molar-refractivity contribution >= 4 is 0 Å². The predicted octanol–water partition coefficient (Wildman–Crippen LogP) is 1.41. The molecule has 1 N–H and O–H groups in total. The summed E-state index contributed by atoms with van der Waals surface area (Å²) in [4.78, 5) is 4.06. The lowest BCUT2D eigenvalue weighted by atomic mass is 10.3. The van der Waals surface area contributed by atoms with Crippen molar-refractivity contribution in [3.8, 4) is 11.8 Å². The van der Waals surface area contributed by atoms with Crippen LogP contribution in [0.25, 0.3) is 0 Å². The smallest absolute Gasteiger partial charge is 0.221 e. The Kier molecular flexibility index (Phi) is 2.87. The first-order valence-electron chi connectivity index (χ1n) is 4.93. The second-order valence-electron chi connectivity index (χ2n) is 3.51. The zero-order valence-electron chi connectivity index (χ0n) is 9.21. The third-order valence-electron chi connectivity index (χ3n) is 2.15. The molecule has 2 aromatic heterocycles. The maximum Gasteiger partial charge on any atom is 0.221 e. The number of ether oxygens (including phenoxy) is 1. The molecular formula is C11H13N3O2. The van der Waals surface area contributed by atoms with Gasteiger partial charge in [-0.2, -0.15) is 5.10 Å². The number of pyridine rings is 1. The van der Waals surface area contributed by atoms with E-state index < -0.39 is 0 Å². The molecule has 0 fully saturated rings. The third-order valence-corrected chi connectivity index (χ3v) is 2.15. The van der Waals surface area contributed by atoms with Crippen LogP contribution >= 0.6 is 0 Å². The van der Waals surface area contributed by atoms with E-state index in [1.807, 2.05) is 13.0 Å². The van der Waals surface area contributed by atoms with Gasteiger partial charge in [-0.15, -0.1) is 0 Å². The zero-order valence-corrected chi connectivity index (χ0v) is 9.21. The van der Waals surface area contributed by atoms with Crippen LogP contribution in [0, 0.1) is 6.92 Å². The first kappa shape index (κ1) is 10.6. The van der Waals surface area contributed by atoms with E-state index in [4.69, 9.17) is 9.84 Å². The number of nitrogens with zero attached hydrogens (tertiary/aromatic N) is 3. The van der Waals surface area contributed by atoms with E-state index in [0.717, 1.165) is 11.3 Å². The second kappa shape index (κ2) is 4.32. The van der Waals surface area contributed by atoms with Crippen molar-refractivity contribution in [2.24, 2.45) is 7.05 Å². The van der Waals surface area contributed by atoms with Gasteiger partial charge in [-0.05, 0) is 18.6 Å². The molecule has 16 heavy (non-hydrogen) atoms. The fraction of sp³-hybridized carbons (Fsp3) is 0.273. The van der Waals surface area contributed by atoms with Crippen LogP contribution in [-0.2, 0) is 13.7 Å². The molecule has 0 radical (unpaired) electrons. The fourth-order valence-electron chi connectivity index (χ4n) is 1.39. The lowest BCUT2D eigenvalue weighted by molar-refractivity contribution is 0.281. The number of hydrogen-bond acceptors (Lipinski definition) is 4. The van der Waals surface area contributed by atoms with Crippen molar-refractivity contribution in [3.63, 3.8) is 0 Å². The molecule has 84 valence electrons. The number of aromatic nitrogens is 3. The van der Waals surface area contributed by atoms with Gasteiger partial charge in [0.05, 0.1) is 12.3 Å². The molecule has 0 aliphatic rings. The van der Waals surface area contributed by atoms with Crippen molar-refractivity contribution in [3.05, 3.63) is 35.7 Å². The minimum absolute atomic E-state index is 0.0245. The Hall–Kier alpha value is -1.88. The highest BCUT2D eigenvalue weighted by atomic mass is 16.5. The van der Waals surface area contributed by atoms with Crippen molar-refractivity contribution in [2.75, 3.05) is 0 Å². The summed E-state index contributed by atoms with van der Waals surface area (Å²) in [6, 6.07) is 5.26. The van der Waals surface area contributed by atoms with Crippen molar-refractivity contribution < 1.29 is 9.84 Å². The summed E-state index contributed by atoms with van der Waals surface area (Å²) >= 11 is 0. The fourth-order valence-corrected chi connectivity index (χ4v) is 1.39. The van der Waals surface area contributed by atoms with E-state index in [2.05, 4.69) is 10.1 Å². The van der Waals surface area contributed by atoms with Crippen molar-refractivity contribution in [1.82, 2.24) is 14.8 Å². The standard InChI is InChI=1S/C11H13N3O2/c1-8-5-11(14(2)13-8)16-10-6-9(7-15)3-4-12-10/h3-6,15H,7H2,1-2H3. The normalized spacial score (nSPS) is 10.4. The van der Waals surface area contributed by atoms with Gasteiger partial charge >= 0.3 is 0 Å². The van der Waals surface area contributed by atoms with Gasteiger partial charge < -0.3 is 9.84 Å². The molecular weight excluding hydrogens is 206 g/mol. The molecule has 2 rings (SSSR count). The summed E-state index contributed by atoms with van der Waals surface area (Å²) in [7, 11) is 1.80. The molecule has 2 aromatic rings. The summed E-state index contributed by atoms with van der Waals surface area (Å²) in [6.07, 6.45) is 1.60. The highest BCUT2D eigenvalue weighted by Crippen LogP contribution is 2.20. The van der Waals surface area contributed by atoms with Gasteiger partial charge in [0.1, 0.15) is 0 Å². The molecule has 2 heterocycles. The highest BCUT2D eigenvalue weighted by molar-refractivity contribution is 5.25. The maximum atomic E-state index is 8.99. The van der Waals surface area contributed by atoms with Crippen LogP contribution in [0.3, 0.4) is 0 Å². The summed E-state index contributed by atoms with van der Waals surface area (Å²) in [5.74, 6) is 1.08. The number of rotatable bonds is 3. The maximum absolute atomic E-state index is 8.99. The van der Waals surface area contributed by atoms with Crippen LogP contribution in [-0.4, -0.2) is 19.9 Å². The number of hydrogen-bond donors (Lipinski definition) is 1. The number of aliphatic hydroxyl groups is 1. The van der Waals surface area contributed by atoms with Gasteiger partial charge in [-0.25, -0.2) is 9.67 Å². The van der Waals surface area contributed by atoms with Gasteiger partial charge in [-0.1, -0.05) is 0 Å². The molecule has 0 saturated carbocycles. The molecule has 5 heteroatoms. The van der Waals surface area contributed by atoms with Gasteiger partial charge in [0.25, 0.3) is 0 Å². The van der Waals surface area contributed by atoms with Crippen LogP contribution < -0.4 is 4.74 Å². The molecule has 0 unspecified atom stereocenters. The van der Waals surface area contributed by atoms with E-state index in [0.29, 0.717) is 11.8 Å². The first-order chi connectivity index (χ1) is 7.69. The Balaban J connectivity index is 2.23. The molecule has 0 saturated heterocycles. The molecule has 0 aliphatic heterocycles. The Labute approximate surface area is 93.3 Å². The minimum atomic E-state index is -0.0245. The average molecular weight is 219 g/mol. The Morgan fingerprint density at radius 1 is 1.44 bits per heavy atom. The second-order valence-corrected chi connectivity index (χ2v) is 3.51. The molecule has 0 amide bonds. The van der Waals surface area contributed by atoms with Gasteiger partial charge in [0.15, 0.2) is 0 Å². The lowest BCUT2D eigenvalue weighted by Crippen LogP contribution is -1.97. The number of aryl methyl sites for hydroxylation is 2.